The highest BCUT2D eigenvalue weighted by Crippen LogP contribution is 2.29. The number of aromatic nitrogens is 1. The first-order chi connectivity index (χ1) is 16.0. The molecule has 0 aliphatic rings. The molecule has 0 saturated heterocycles. The fourth-order valence-electron chi connectivity index (χ4n) is 3.42. The number of pyridine rings is 1. The van der Waals surface area contributed by atoms with Crippen LogP contribution in [0.25, 0.3) is 22.2 Å². The molecule has 0 saturated carbocycles. The molecule has 0 aliphatic carbocycles. The van der Waals surface area contributed by atoms with E-state index in [1.807, 2.05) is 48.5 Å². The lowest BCUT2D eigenvalue weighted by Crippen LogP contribution is -2.16. The molecular weight excluding hydrogens is 418 g/mol. The van der Waals surface area contributed by atoms with Crippen molar-refractivity contribution in [1.82, 2.24) is 4.98 Å². The van der Waals surface area contributed by atoms with Gasteiger partial charge >= 0.3 is 0 Å². The summed E-state index contributed by atoms with van der Waals surface area (Å²) in [5.74, 6) is 0.450. The Balaban J connectivity index is 1.68. The lowest BCUT2D eigenvalue weighted by molar-refractivity contribution is -0.118. The molecule has 0 unspecified atom stereocenters. The summed E-state index contributed by atoms with van der Waals surface area (Å²) in [5, 5.41) is 3.66. The predicted molar refractivity (Wildman–Crippen MR) is 127 cm³/mol. The molecule has 0 bridgehead atoms. The molecule has 7 heteroatoms. The van der Waals surface area contributed by atoms with Crippen molar-refractivity contribution in [3.8, 4) is 22.8 Å². The van der Waals surface area contributed by atoms with Crippen molar-refractivity contribution in [2.24, 2.45) is 5.73 Å². The Morgan fingerprint density at radius 2 is 1.70 bits per heavy atom. The number of nitrogens with zero attached hydrogens (tertiary/aromatic N) is 1. The van der Waals surface area contributed by atoms with Gasteiger partial charge in [-0.05, 0) is 48.5 Å². The van der Waals surface area contributed by atoms with Gasteiger partial charge in [-0.3, -0.25) is 9.59 Å². The minimum Gasteiger partial charge on any atom is -0.497 e. The van der Waals surface area contributed by atoms with Gasteiger partial charge in [0.25, 0.3) is 5.91 Å². The summed E-state index contributed by atoms with van der Waals surface area (Å²) in [6, 6.07) is 23.8. The maximum absolute atomic E-state index is 13.4. The Labute approximate surface area is 191 Å². The Morgan fingerprint density at radius 3 is 2.45 bits per heavy atom. The van der Waals surface area contributed by atoms with Gasteiger partial charge in [0.1, 0.15) is 11.5 Å². The van der Waals surface area contributed by atoms with Gasteiger partial charge in [0.2, 0.25) is 5.91 Å². The van der Waals surface area contributed by atoms with Gasteiger partial charge < -0.3 is 20.5 Å². The van der Waals surface area contributed by atoms with Crippen molar-refractivity contribution in [2.75, 3.05) is 19.0 Å². The lowest BCUT2D eigenvalue weighted by Gasteiger charge is -2.14. The van der Waals surface area contributed by atoms with Crippen LogP contribution < -0.4 is 20.5 Å². The van der Waals surface area contributed by atoms with Crippen molar-refractivity contribution in [3.63, 3.8) is 0 Å². The fraction of sp³-hybridized carbons (Fsp3) is 0.115. The second kappa shape index (κ2) is 9.82. The lowest BCUT2D eigenvalue weighted by atomic mass is 10.0. The quantitative estimate of drug-likeness (QED) is 0.421. The van der Waals surface area contributed by atoms with Crippen LogP contribution in [0.2, 0.25) is 0 Å². The molecule has 0 aliphatic heterocycles. The molecule has 166 valence electrons. The van der Waals surface area contributed by atoms with E-state index in [-0.39, 0.29) is 18.9 Å². The van der Waals surface area contributed by atoms with Crippen LogP contribution in [0.15, 0.2) is 78.9 Å². The number of hydrogen-bond acceptors (Lipinski definition) is 5. The number of hydrogen-bond donors (Lipinski definition) is 2. The standard InChI is InChI=1S/C26H23N3O4/c1-32-18-12-10-17(11-13-18)23-16-20(19-6-2-3-7-21(19)28-23)26(31)29-22-8-4-5-9-24(22)33-15-14-25(27)30/h2-13,16H,14-15H2,1H3,(H2,27,30)(H,29,31). The highest BCUT2D eigenvalue weighted by Gasteiger charge is 2.16. The number of carbonyl (C=O) groups is 2. The average molecular weight is 441 g/mol. The molecule has 1 aromatic heterocycles. The number of fused-ring (bicyclic) bond motifs is 1. The molecule has 0 radical (unpaired) electrons. The van der Waals surface area contributed by atoms with E-state index in [4.69, 9.17) is 20.2 Å². The van der Waals surface area contributed by atoms with Crippen LogP contribution in [0.3, 0.4) is 0 Å². The van der Waals surface area contributed by atoms with Gasteiger partial charge in [0.15, 0.2) is 0 Å². The topological polar surface area (TPSA) is 104 Å². The molecule has 2 amide bonds. The van der Waals surface area contributed by atoms with Crippen LogP contribution in [0.1, 0.15) is 16.8 Å². The summed E-state index contributed by atoms with van der Waals surface area (Å²) in [6.07, 6.45) is 0.0858. The zero-order valence-electron chi connectivity index (χ0n) is 18.1. The van der Waals surface area contributed by atoms with Crippen LogP contribution in [-0.4, -0.2) is 30.5 Å². The minimum atomic E-state index is -0.453. The van der Waals surface area contributed by atoms with Crippen LogP contribution >= 0.6 is 0 Å². The summed E-state index contributed by atoms with van der Waals surface area (Å²) in [6.45, 7) is 0.127. The number of nitrogens with one attached hydrogen (secondary N) is 1. The Hall–Kier alpha value is -4.39. The maximum Gasteiger partial charge on any atom is 0.256 e. The molecule has 3 aromatic carbocycles. The summed E-state index contributed by atoms with van der Waals surface area (Å²) in [4.78, 5) is 29.1. The van der Waals surface area contributed by atoms with Gasteiger partial charge in [-0.15, -0.1) is 0 Å². The van der Waals surface area contributed by atoms with Crippen molar-refractivity contribution in [3.05, 3.63) is 84.4 Å². The van der Waals surface area contributed by atoms with Crippen molar-refractivity contribution >= 4 is 28.4 Å². The predicted octanol–water partition coefficient (Wildman–Crippen LogP) is 4.42. The summed E-state index contributed by atoms with van der Waals surface area (Å²) in [5.41, 5.74) is 8.41. The van der Waals surface area contributed by atoms with Crippen LogP contribution in [0, 0.1) is 0 Å². The first-order valence-electron chi connectivity index (χ1n) is 10.4. The molecule has 7 nitrogen and oxygen atoms in total. The normalized spacial score (nSPS) is 10.6. The molecule has 3 N–H and O–H groups in total. The van der Waals surface area contributed by atoms with Crippen LogP contribution in [0.4, 0.5) is 5.69 Å². The molecular formula is C26H23N3O4. The Kier molecular flexibility index (Phi) is 6.50. The second-order valence-electron chi connectivity index (χ2n) is 7.32. The molecule has 33 heavy (non-hydrogen) atoms. The van der Waals surface area contributed by atoms with E-state index in [0.717, 1.165) is 16.7 Å². The minimum absolute atomic E-state index is 0.0858. The van der Waals surface area contributed by atoms with Crippen molar-refractivity contribution in [1.29, 1.82) is 0 Å². The fourth-order valence-corrected chi connectivity index (χ4v) is 3.42. The second-order valence-corrected chi connectivity index (χ2v) is 7.32. The Morgan fingerprint density at radius 1 is 0.970 bits per heavy atom. The van der Waals surface area contributed by atoms with E-state index in [1.165, 1.54) is 0 Å². The highest BCUT2D eigenvalue weighted by atomic mass is 16.5. The maximum atomic E-state index is 13.4. The largest absolute Gasteiger partial charge is 0.497 e. The van der Waals surface area contributed by atoms with Gasteiger partial charge in [0.05, 0.1) is 42.6 Å². The first-order valence-corrected chi connectivity index (χ1v) is 10.4. The number of rotatable bonds is 8. The number of carbonyl (C=O) groups excluding carboxylic acids is 2. The number of amides is 2. The van der Waals surface area contributed by atoms with Crippen LogP contribution in [0.5, 0.6) is 11.5 Å². The number of methoxy groups -OCH3 is 1. The van der Waals surface area contributed by atoms with E-state index in [0.29, 0.717) is 28.2 Å². The number of anilines is 1. The summed E-state index contributed by atoms with van der Waals surface area (Å²) >= 11 is 0. The van der Waals surface area contributed by atoms with Crippen molar-refractivity contribution in [2.45, 2.75) is 6.42 Å². The van der Waals surface area contributed by atoms with E-state index in [2.05, 4.69) is 5.32 Å². The molecule has 4 aromatic rings. The molecule has 0 fully saturated rings. The Bertz CT molecular complexity index is 1300. The number of benzene rings is 3. The van der Waals surface area contributed by atoms with Gasteiger partial charge in [-0.1, -0.05) is 30.3 Å². The van der Waals surface area contributed by atoms with Gasteiger partial charge in [-0.2, -0.15) is 0 Å². The van der Waals surface area contributed by atoms with Crippen molar-refractivity contribution < 1.29 is 19.1 Å². The number of primary amides is 1. The van der Waals surface area contributed by atoms with E-state index in [9.17, 15) is 9.59 Å². The zero-order valence-corrected chi connectivity index (χ0v) is 18.1. The van der Waals surface area contributed by atoms with Gasteiger partial charge in [0, 0.05) is 10.9 Å². The molecule has 0 atom stereocenters. The zero-order chi connectivity index (χ0) is 23.2. The number of ether oxygens (including phenoxy) is 2. The first kappa shape index (κ1) is 21.8. The SMILES string of the molecule is COc1ccc(-c2cc(C(=O)Nc3ccccc3OCCC(N)=O)c3ccccc3n2)cc1. The third-order valence-electron chi connectivity index (χ3n) is 5.09. The third kappa shape index (κ3) is 5.10. The van der Waals surface area contributed by atoms with Gasteiger partial charge in [-0.25, -0.2) is 4.98 Å². The van der Waals surface area contributed by atoms with E-state index < -0.39 is 5.91 Å². The average Bonchev–Trinajstić information content (AvgIpc) is 2.84. The molecule has 0 spiro atoms. The van der Waals surface area contributed by atoms with E-state index in [1.54, 1.807) is 37.4 Å². The monoisotopic (exact) mass is 441 g/mol. The number of nitrogens with two attached hydrogens (primary N) is 1. The third-order valence-corrected chi connectivity index (χ3v) is 5.09. The number of para-hydroxylation sites is 3. The molecule has 1 heterocycles. The van der Waals surface area contributed by atoms with Crippen LogP contribution in [-0.2, 0) is 4.79 Å². The summed E-state index contributed by atoms with van der Waals surface area (Å²) in [7, 11) is 1.61. The highest BCUT2D eigenvalue weighted by molar-refractivity contribution is 6.13. The van der Waals surface area contributed by atoms with E-state index >= 15 is 0 Å². The molecule has 4 rings (SSSR count). The summed E-state index contributed by atoms with van der Waals surface area (Å²) < 4.78 is 10.9. The smallest absolute Gasteiger partial charge is 0.256 e.